The minimum absolute atomic E-state index is 0.178. The van der Waals surface area contributed by atoms with Gasteiger partial charge >= 0.3 is 6.18 Å². The van der Waals surface area contributed by atoms with Gasteiger partial charge in [0.2, 0.25) is 0 Å². The quantitative estimate of drug-likeness (QED) is 0.664. The number of benzene rings is 2. The second-order valence-corrected chi connectivity index (χ2v) is 7.29. The number of amides is 1. The third-order valence-corrected chi connectivity index (χ3v) is 5.14. The van der Waals surface area contributed by atoms with E-state index >= 15 is 0 Å². The maximum absolute atomic E-state index is 12.7. The summed E-state index contributed by atoms with van der Waals surface area (Å²) in [5.41, 5.74) is 3.39. The fraction of sp³-hybridized carbons (Fsp3) is 0.217. The predicted molar refractivity (Wildman–Crippen MR) is 108 cm³/mol. The van der Waals surface area contributed by atoms with Crippen LogP contribution in [-0.4, -0.2) is 22.3 Å². The van der Waals surface area contributed by atoms with Crippen molar-refractivity contribution in [2.75, 3.05) is 11.9 Å². The summed E-state index contributed by atoms with van der Waals surface area (Å²) < 4.78 is 38.1. The number of rotatable bonds is 4. The zero-order valence-electron chi connectivity index (χ0n) is 16.1. The largest absolute Gasteiger partial charge is 0.416 e. The highest BCUT2D eigenvalue weighted by Gasteiger charge is 2.30. The molecule has 4 rings (SSSR count). The Labute approximate surface area is 172 Å². The van der Waals surface area contributed by atoms with Crippen LogP contribution < -0.4 is 5.32 Å². The fourth-order valence-electron chi connectivity index (χ4n) is 3.56. The van der Waals surface area contributed by atoms with Gasteiger partial charge in [0.1, 0.15) is 0 Å². The van der Waals surface area contributed by atoms with Crippen LogP contribution in [0.1, 0.15) is 32.7 Å². The highest BCUT2D eigenvalue weighted by Crippen LogP contribution is 2.29. The van der Waals surface area contributed by atoms with Crippen molar-refractivity contribution < 1.29 is 18.0 Å². The number of nitrogens with one attached hydrogen (secondary N) is 1. The molecule has 0 atom stereocenters. The van der Waals surface area contributed by atoms with Crippen LogP contribution in [0, 0.1) is 0 Å². The Morgan fingerprint density at radius 1 is 1.03 bits per heavy atom. The summed E-state index contributed by atoms with van der Waals surface area (Å²) >= 11 is 0. The van der Waals surface area contributed by atoms with Gasteiger partial charge in [-0.3, -0.25) is 14.7 Å². The minimum Gasteiger partial charge on any atom is -0.322 e. The highest BCUT2D eigenvalue weighted by atomic mass is 19.4. The summed E-state index contributed by atoms with van der Waals surface area (Å²) in [4.78, 5) is 19.1. The Kier molecular flexibility index (Phi) is 5.55. The highest BCUT2D eigenvalue weighted by molar-refractivity contribution is 6.04. The SMILES string of the molecule is O=C(Nc1ccc2c(c1)CN(Cc1ccccn1)CC2)c1ccc(C(F)(F)F)cc1. The van der Waals surface area contributed by atoms with Gasteiger partial charge in [-0.2, -0.15) is 13.2 Å². The van der Waals surface area contributed by atoms with E-state index in [4.69, 9.17) is 0 Å². The number of hydrogen-bond acceptors (Lipinski definition) is 3. The smallest absolute Gasteiger partial charge is 0.322 e. The van der Waals surface area contributed by atoms with E-state index in [1.807, 2.05) is 36.4 Å². The Balaban J connectivity index is 1.44. The second kappa shape index (κ2) is 8.28. The topological polar surface area (TPSA) is 45.2 Å². The Bertz CT molecular complexity index is 1030. The molecule has 1 aliphatic heterocycles. The maximum Gasteiger partial charge on any atom is 0.416 e. The van der Waals surface area contributed by atoms with Gasteiger partial charge in [0.05, 0.1) is 11.3 Å². The molecule has 1 N–H and O–H groups in total. The molecule has 1 aliphatic rings. The van der Waals surface area contributed by atoms with Gasteiger partial charge in [-0.05, 0) is 66.1 Å². The zero-order valence-corrected chi connectivity index (χ0v) is 16.1. The van der Waals surface area contributed by atoms with Gasteiger partial charge in [-0.1, -0.05) is 12.1 Å². The first-order valence-electron chi connectivity index (χ1n) is 9.61. The molecule has 0 saturated heterocycles. The van der Waals surface area contributed by atoms with Crippen LogP contribution in [0.15, 0.2) is 66.9 Å². The zero-order chi connectivity index (χ0) is 21.1. The van der Waals surface area contributed by atoms with Crippen molar-refractivity contribution in [3.8, 4) is 0 Å². The molecule has 2 aromatic carbocycles. The van der Waals surface area contributed by atoms with Crippen LogP contribution in [0.3, 0.4) is 0 Å². The van der Waals surface area contributed by atoms with Crippen molar-refractivity contribution in [1.29, 1.82) is 0 Å². The third kappa shape index (κ3) is 4.68. The van der Waals surface area contributed by atoms with Crippen molar-refractivity contribution in [2.45, 2.75) is 25.7 Å². The number of halogens is 3. The van der Waals surface area contributed by atoms with Crippen molar-refractivity contribution >= 4 is 11.6 Å². The summed E-state index contributed by atoms with van der Waals surface area (Å²) in [6, 6.07) is 15.8. The first-order chi connectivity index (χ1) is 14.4. The van der Waals surface area contributed by atoms with Crippen LogP contribution in [0.2, 0.25) is 0 Å². The average molecular weight is 411 g/mol. The lowest BCUT2D eigenvalue weighted by Gasteiger charge is -2.28. The predicted octanol–water partition coefficient (Wildman–Crippen LogP) is 4.91. The number of pyridine rings is 1. The lowest BCUT2D eigenvalue weighted by atomic mass is 9.98. The molecule has 0 aliphatic carbocycles. The number of anilines is 1. The van der Waals surface area contributed by atoms with Crippen molar-refractivity contribution in [2.24, 2.45) is 0 Å². The number of aromatic nitrogens is 1. The first-order valence-corrected chi connectivity index (χ1v) is 9.61. The van der Waals surface area contributed by atoms with E-state index in [-0.39, 0.29) is 5.56 Å². The molecule has 3 aromatic rings. The number of carbonyl (C=O) groups excluding carboxylic acids is 1. The number of fused-ring (bicyclic) bond motifs is 1. The Hall–Kier alpha value is -3.19. The molecule has 0 spiro atoms. The van der Waals surface area contributed by atoms with Crippen LogP contribution in [0.4, 0.5) is 18.9 Å². The van der Waals surface area contributed by atoms with E-state index in [0.717, 1.165) is 49.4 Å². The van der Waals surface area contributed by atoms with E-state index in [0.29, 0.717) is 5.69 Å². The van der Waals surface area contributed by atoms with Gasteiger partial charge in [0.15, 0.2) is 0 Å². The number of nitrogens with zero attached hydrogens (tertiary/aromatic N) is 2. The molecular formula is C23H20F3N3O. The molecule has 0 saturated carbocycles. The van der Waals surface area contributed by atoms with Gasteiger partial charge in [0.25, 0.3) is 5.91 Å². The van der Waals surface area contributed by atoms with Crippen molar-refractivity contribution in [3.05, 3.63) is 94.8 Å². The molecule has 1 aromatic heterocycles. The summed E-state index contributed by atoms with van der Waals surface area (Å²) in [6.07, 6.45) is -1.73. The molecule has 0 bridgehead atoms. The molecule has 0 unspecified atom stereocenters. The lowest BCUT2D eigenvalue weighted by Crippen LogP contribution is -2.30. The van der Waals surface area contributed by atoms with Gasteiger partial charge < -0.3 is 5.32 Å². The molecule has 0 fully saturated rings. The Morgan fingerprint density at radius 2 is 1.83 bits per heavy atom. The first kappa shape index (κ1) is 20.1. The van der Waals surface area contributed by atoms with Crippen LogP contribution in [-0.2, 0) is 25.7 Å². The summed E-state index contributed by atoms with van der Waals surface area (Å²) in [5, 5.41) is 2.78. The Morgan fingerprint density at radius 3 is 2.53 bits per heavy atom. The summed E-state index contributed by atoms with van der Waals surface area (Å²) in [5.74, 6) is -0.440. The van der Waals surface area contributed by atoms with Crippen LogP contribution in [0.25, 0.3) is 0 Å². The second-order valence-electron chi connectivity index (χ2n) is 7.29. The molecule has 7 heteroatoms. The van der Waals surface area contributed by atoms with Crippen LogP contribution >= 0.6 is 0 Å². The van der Waals surface area contributed by atoms with E-state index in [9.17, 15) is 18.0 Å². The van der Waals surface area contributed by atoms with Crippen molar-refractivity contribution in [3.63, 3.8) is 0 Å². The number of alkyl halides is 3. The molecule has 154 valence electrons. The van der Waals surface area contributed by atoms with E-state index in [1.54, 1.807) is 6.20 Å². The van der Waals surface area contributed by atoms with Gasteiger partial charge in [0, 0.05) is 37.1 Å². The summed E-state index contributed by atoms with van der Waals surface area (Å²) in [7, 11) is 0. The lowest BCUT2D eigenvalue weighted by molar-refractivity contribution is -0.137. The monoisotopic (exact) mass is 411 g/mol. The average Bonchev–Trinajstić information content (AvgIpc) is 2.74. The molecule has 2 heterocycles. The van der Waals surface area contributed by atoms with Crippen LogP contribution in [0.5, 0.6) is 0 Å². The van der Waals surface area contributed by atoms with E-state index in [1.165, 1.54) is 17.7 Å². The standard InChI is InChI=1S/C23H20F3N3O/c24-23(25,26)19-7-4-17(5-8-19)22(30)28-20-9-6-16-10-12-29(14-18(16)13-20)15-21-3-1-2-11-27-21/h1-9,11,13H,10,12,14-15H2,(H,28,30). The van der Waals surface area contributed by atoms with E-state index in [2.05, 4.69) is 15.2 Å². The normalized spacial score (nSPS) is 14.2. The molecule has 0 radical (unpaired) electrons. The molecule has 30 heavy (non-hydrogen) atoms. The third-order valence-electron chi connectivity index (χ3n) is 5.14. The molecule has 4 nitrogen and oxygen atoms in total. The number of hydrogen-bond donors (Lipinski definition) is 1. The summed E-state index contributed by atoms with van der Waals surface area (Å²) in [6.45, 7) is 2.43. The van der Waals surface area contributed by atoms with E-state index < -0.39 is 17.6 Å². The van der Waals surface area contributed by atoms with Gasteiger partial charge in [-0.15, -0.1) is 0 Å². The minimum atomic E-state index is -4.42. The maximum atomic E-state index is 12.7. The van der Waals surface area contributed by atoms with Gasteiger partial charge in [-0.25, -0.2) is 0 Å². The number of carbonyl (C=O) groups is 1. The fourth-order valence-corrected chi connectivity index (χ4v) is 3.56. The molecular weight excluding hydrogens is 391 g/mol. The van der Waals surface area contributed by atoms with Crippen molar-refractivity contribution in [1.82, 2.24) is 9.88 Å². The molecule has 1 amide bonds.